The number of anilines is 1. The molecule has 0 radical (unpaired) electrons. The zero-order valence-corrected chi connectivity index (χ0v) is 11.0. The Bertz CT molecular complexity index is 521. The number of benzene rings is 1. The van der Waals surface area contributed by atoms with Crippen molar-refractivity contribution < 1.29 is 0 Å². The molecule has 1 aromatic carbocycles. The van der Waals surface area contributed by atoms with Crippen molar-refractivity contribution >= 4 is 39.3 Å². The Kier molecular flexibility index (Phi) is 2.67. The molecule has 0 unspecified atom stereocenters. The van der Waals surface area contributed by atoms with E-state index >= 15 is 0 Å². The molecule has 1 aromatic heterocycles. The summed E-state index contributed by atoms with van der Waals surface area (Å²) < 4.78 is 1.24. The Hall–Kier alpha value is -0.910. The molecule has 3 rings (SSSR count). The first-order valence-electron chi connectivity index (χ1n) is 5.50. The van der Waals surface area contributed by atoms with Gasteiger partial charge in [0.05, 0.1) is 5.52 Å². The quantitative estimate of drug-likeness (QED) is 0.755. The van der Waals surface area contributed by atoms with Crippen LogP contribution >= 0.6 is 22.6 Å². The Balaban J connectivity index is 2.18. The van der Waals surface area contributed by atoms with Gasteiger partial charge >= 0.3 is 0 Å². The van der Waals surface area contributed by atoms with Crippen LogP contribution in [0.25, 0.3) is 10.9 Å². The fraction of sp³-hybridized carbons (Fsp3) is 0.333. The zero-order valence-electron chi connectivity index (χ0n) is 8.86. The first-order chi connectivity index (χ1) is 7.84. The summed E-state index contributed by atoms with van der Waals surface area (Å²) in [6.45, 7) is 2.25. The van der Waals surface area contributed by atoms with Crippen molar-refractivity contribution in [2.24, 2.45) is 0 Å². The maximum absolute atomic E-state index is 4.44. The van der Waals surface area contributed by atoms with Gasteiger partial charge in [-0.15, -0.1) is 0 Å². The van der Waals surface area contributed by atoms with Gasteiger partial charge in [0, 0.05) is 22.0 Å². The molecule has 16 heavy (non-hydrogen) atoms. The van der Waals surface area contributed by atoms with Crippen molar-refractivity contribution in [3.63, 3.8) is 0 Å². The lowest BCUT2D eigenvalue weighted by Crippen LogP contribution is -2.19. The fourth-order valence-corrected chi connectivity index (χ4v) is 2.69. The van der Waals surface area contributed by atoms with Crippen LogP contribution in [0.4, 0.5) is 5.82 Å². The highest BCUT2D eigenvalue weighted by molar-refractivity contribution is 14.1. The van der Waals surface area contributed by atoms with E-state index in [1.807, 2.05) is 0 Å². The molecule has 0 atom stereocenters. The second kappa shape index (κ2) is 4.16. The van der Waals surface area contributed by atoms with Crippen molar-refractivity contribution in [3.05, 3.63) is 28.1 Å². The van der Waals surface area contributed by atoms with Gasteiger partial charge in [0.25, 0.3) is 0 Å². The number of fused-ring (bicyclic) bond motifs is 1. The third-order valence-electron chi connectivity index (χ3n) is 2.98. The van der Waals surface area contributed by atoms with E-state index in [1.54, 1.807) is 6.33 Å². The first kappa shape index (κ1) is 10.3. The molecule has 0 aliphatic carbocycles. The van der Waals surface area contributed by atoms with Crippen LogP contribution in [-0.2, 0) is 0 Å². The monoisotopic (exact) mass is 325 g/mol. The third-order valence-corrected chi connectivity index (χ3v) is 3.65. The van der Waals surface area contributed by atoms with Gasteiger partial charge in [0.15, 0.2) is 0 Å². The number of halogens is 1. The number of hydrogen-bond donors (Lipinski definition) is 0. The van der Waals surface area contributed by atoms with Crippen LogP contribution in [0.1, 0.15) is 12.8 Å². The fourth-order valence-electron chi connectivity index (χ4n) is 2.20. The van der Waals surface area contributed by atoms with Crippen molar-refractivity contribution in [3.8, 4) is 0 Å². The van der Waals surface area contributed by atoms with Gasteiger partial charge in [-0.25, -0.2) is 9.97 Å². The third kappa shape index (κ3) is 1.75. The largest absolute Gasteiger partial charge is 0.356 e. The highest BCUT2D eigenvalue weighted by Gasteiger charge is 2.16. The van der Waals surface area contributed by atoms with E-state index in [-0.39, 0.29) is 0 Å². The van der Waals surface area contributed by atoms with Crippen LogP contribution in [-0.4, -0.2) is 23.1 Å². The van der Waals surface area contributed by atoms with E-state index in [0.717, 1.165) is 24.4 Å². The zero-order chi connectivity index (χ0) is 11.0. The van der Waals surface area contributed by atoms with Gasteiger partial charge in [-0.1, -0.05) is 0 Å². The number of nitrogens with zero attached hydrogens (tertiary/aromatic N) is 3. The standard InChI is InChI=1S/C12H12IN3/c13-9-3-4-11-10(7-9)12(15-8-14-11)16-5-1-2-6-16/h3-4,7-8H,1-2,5-6H2. The van der Waals surface area contributed by atoms with Gasteiger partial charge < -0.3 is 4.90 Å². The van der Waals surface area contributed by atoms with Crippen LogP contribution in [0.5, 0.6) is 0 Å². The molecule has 1 saturated heterocycles. The predicted molar refractivity (Wildman–Crippen MR) is 73.7 cm³/mol. The van der Waals surface area contributed by atoms with Crippen LogP contribution in [0.15, 0.2) is 24.5 Å². The summed E-state index contributed by atoms with van der Waals surface area (Å²) in [6, 6.07) is 6.32. The summed E-state index contributed by atoms with van der Waals surface area (Å²) in [7, 11) is 0. The molecule has 1 fully saturated rings. The molecule has 0 bridgehead atoms. The second-order valence-electron chi connectivity index (χ2n) is 4.05. The van der Waals surface area contributed by atoms with Gasteiger partial charge in [0.2, 0.25) is 0 Å². The second-order valence-corrected chi connectivity index (χ2v) is 5.30. The van der Waals surface area contributed by atoms with E-state index in [2.05, 4.69) is 55.7 Å². The van der Waals surface area contributed by atoms with Gasteiger partial charge in [-0.05, 0) is 53.6 Å². The molecule has 4 heteroatoms. The molecule has 1 aliphatic heterocycles. The maximum atomic E-state index is 4.44. The number of aromatic nitrogens is 2. The lowest BCUT2D eigenvalue weighted by molar-refractivity contribution is 0.939. The molecule has 0 amide bonds. The molecule has 82 valence electrons. The van der Waals surface area contributed by atoms with E-state index in [9.17, 15) is 0 Å². The summed E-state index contributed by atoms with van der Waals surface area (Å²) in [5.41, 5.74) is 1.04. The van der Waals surface area contributed by atoms with Crippen LogP contribution in [0.2, 0.25) is 0 Å². The Morgan fingerprint density at radius 3 is 2.75 bits per heavy atom. The van der Waals surface area contributed by atoms with Crippen molar-refractivity contribution in [1.29, 1.82) is 0 Å². The van der Waals surface area contributed by atoms with Crippen molar-refractivity contribution in [2.75, 3.05) is 18.0 Å². The van der Waals surface area contributed by atoms with Crippen LogP contribution in [0, 0.1) is 3.57 Å². The van der Waals surface area contributed by atoms with Crippen molar-refractivity contribution in [1.82, 2.24) is 9.97 Å². The lowest BCUT2D eigenvalue weighted by atomic mass is 10.2. The molecular weight excluding hydrogens is 313 g/mol. The smallest absolute Gasteiger partial charge is 0.139 e. The minimum Gasteiger partial charge on any atom is -0.356 e. The molecule has 0 saturated carbocycles. The molecule has 2 heterocycles. The average molecular weight is 325 g/mol. The predicted octanol–water partition coefficient (Wildman–Crippen LogP) is 2.83. The molecule has 1 aliphatic rings. The normalized spacial score (nSPS) is 15.9. The molecule has 2 aromatic rings. The average Bonchev–Trinajstić information content (AvgIpc) is 2.81. The van der Waals surface area contributed by atoms with Gasteiger partial charge in [-0.2, -0.15) is 0 Å². The lowest BCUT2D eigenvalue weighted by Gasteiger charge is -2.17. The van der Waals surface area contributed by atoms with Crippen molar-refractivity contribution in [2.45, 2.75) is 12.8 Å². The molecule has 0 spiro atoms. The highest BCUT2D eigenvalue weighted by atomic mass is 127. The maximum Gasteiger partial charge on any atom is 0.139 e. The molecule has 3 nitrogen and oxygen atoms in total. The van der Waals surface area contributed by atoms with E-state index in [1.165, 1.54) is 21.8 Å². The number of hydrogen-bond acceptors (Lipinski definition) is 3. The molecule has 0 N–H and O–H groups in total. The van der Waals surface area contributed by atoms with Gasteiger partial charge in [-0.3, -0.25) is 0 Å². The van der Waals surface area contributed by atoms with Crippen LogP contribution < -0.4 is 4.90 Å². The molecular formula is C12H12IN3. The summed E-state index contributed by atoms with van der Waals surface area (Å²) in [6.07, 6.45) is 4.22. The minimum atomic E-state index is 1.04. The topological polar surface area (TPSA) is 29.0 Å². The van der Waals surface area contributed by atoms with E-state index in [0.29, 0.717) is 0 Å². The SMILES string of the molecule is Ic1ccc2ncnc(N3CCCC3)c2c1. The highest BCUT2D eigenvalue weighted by Crippen LogP contribution is 2.26. The Morgan fingerprint density at radius 2 is 1.94 bits per heavy atom. The van der Waals surface area contributed by atoms with E-state index < -0.39 is 0 Å². The summed E-state index contributed by atoms with van der Waals surface area (Å²) in [5, 5.41) is 1.18. The van der Waals surface area contributed by atoms with Gasteiger partial charge in [0.1, 0.15) is 12.1 Å². The Morgan fingerprint density at radius 1 is 1.12 bits per heavy atom. The summed E-state index contributed by atoms with van der Waals surface area (Å²) in [4.78, 5) is 11.1. The Labute approximate surface area is 108 Å². The summed E-state index contributed by atoms with van der Waals surface area (Å²) >= 11 is 2.33. The van der Waals surface area contributed by atoms with E-state index in [4.69, 9.17) is 0 Å². The van der Waals surface area contributed by atoms with Crippen LogP contribution in [0.3, 0.4) is 0 Å². The summed E-state index contributed by atoms with van der Waals surface area (Å²) in [5.74, 6) is 1.10. The minimum absolute atomic E-state index is 1.04. The first-order valence-corrected chi connectivity index (χ1v) is 6.58. The number of rotatable bonds is 1.